The van der Waals surface area contributed by atoms with Crippen molar-refractivity contribution in [3.63, 3.8) is 0 Å². The van der Waals surface area contributed by atoms with E-state index in [0.717, 1.165) is 28.8 Å². The van der Waals surface area contributed by atoms with Gasteiger partial charge in [0.2, 0.25) is 0 Å². The Labute approximate surface area is 117 Å². The van der Waals surface area contributed by atoms with Gasteiger partial charge in [-0.05, 0) is 38.3 Å². The second kappa shape index (κ2) is 5.10. The highest BCUT2D eigenvalue weighted by molar-refractivity contribution is 9.10. The first kappa shape index (κ1) is 13.7. The Morgan fingerprint density at radius 1 is 1.28 bits per heavy atom. The van der Waals surface area contributed by atoms with Gasteiger partial charge in [-0.1, -0.05) is 22.9 Å². The van der Waals surface area contributed by atoms with Gasteiger partial charge in [-0.3, -0.25) is 0 Å². The molecule has 3 nitrogen and oxygen atoms in total. The molecule has 0 amide bonds. The molecule has 2 rings (SSSR count). The first-order chi connectivity index (χ1) is 8.42. The van der Waals surface area contributed by atoms with Crippen LogP contribution >= 0.6 is 15.9 Å². The average Bonchev–Trinajstić information content (AvgIpc) is 2.28. The number of halogens is 1. The third-order valence-corrected chi connectivity index (χ3v) is 3.69. The van der Waals surface area contributed by atoms with Crippen molar-refractivity contribution < 1.29 is 9.47 Å². The zero-order valence-corrected chi connectivity index (χ0v) is 12.8. The van der Waals surface area contributed by atoms with Crippen LogP contribution in [-0.4, -0.2) is 18.8 Å². The molecule has 0 atom stereocenters. The molecule has 0 radical (unpaired) electrons. The highest BCUT2D eigenvalue weighted by atomic mass is 79.9. The summed E-state index contributed by atoms with van der Waals surface area (Å²) in [6.07, 6.45) is 1.73. The van der Waals surface area contributed by atoms with Crippen LogP contribution in [0.4, 0.5) is 0 Å². The normalized spacial score (nSPS) is 14.7. The Morgan fingerprint density at radius 2 is 1.94 bits per heavy atom. The van der Waals surface area contributed by atoms with Gasteiger partial charge in [0.15, 0.2) is 11.5 Å². The number of benzene rings is 1. The van der Waals surface area contributed by atoms with Gasteiger partial charge in [0.05, 0.1) is 0 Å². The van der Waals surface area contributed by atoms with Crippen LogP contribution in [0.25, 0.3) is 0 Å². The van der Waals surface area contributed by atoms with Crippen LogP contribution < -0.4 is 15.2 Å². The zero-order chi connectivity index (χ0) is 13.3. The maximum absolute atomic E-state index is 6.14. The standard InChI is InChI=1S/C14H20BrNO2/c1-4-9-10(8-14(2,3)16)11(15)7-12-13(9)18-6-5-17-12/h7H,4-6,8,16H2,1-3H3. The summed E-state index contributed by atoms with van der Waals surface area (Å²) < 4.78 is 12.5. The van der Waals surface area contributed by atoms with Crippen LogP contribution in [0.2, 0.25) is 0 Å². The SMILES string of the molecule is CCc1c(CC(C)(C)N)c(Br)cc2c1OCCO2. The van der Waals surface area contributed by atoms with E-state index in [0.29, 0.717) is 13.2 Å². The van der Waals surface area contributed by atoms with Crippen LogP contribution in [0, 0.1) is 0 Å². The van der Waals surface area contributed by atoms with Gasteiger partial charge < -0.3 is 15.2 Å². The highest BCUT2D eigenvalue weighted by Crippen LogP contribution is 2.41. The van der Waals surface area contributed by atoms with Gasteiger partial charge in [0.1, 0.15) is 13.2 Å². The van der Waals surface area contributed by atoms with Crippen LogP contribution in [0.1, 0.15) is 31.9 Å². The molecule has 2 N–H and O–H groups in total. The molecule has 0 spiro atoms. The molecule has 4 heteroatoms. The third kappa shape index (κ3) is 2.81. The number of ether oxygens (including phenoxy) is 2. The maximum atomic E-state index is 6.14. The van der Waals surface area contributed by atoms with E-state index in [-0.39, 0.29) is 5.54 Å². The molecule has 0 aliphatic carbocycles. The third-order valence-electron chi connectivity index (χ3n) is 2.98. The molecule has 1 aromatic rings. The molecule has 0 bridgehead atoms. The Kier molecular flexibility index (Phi) is 3.87. The molecule has 0 unspecified atom stereocenters. The molecule has 1 aromatic carbocycles. The predicted octanol–water partition coefficient (Wildman–Crippen LogP) is 3.06. The average molecular weight is 314 g/mol. The largest absolute Gasteiger partial charge is 0.486 e. The summed E-state index contributed by atoms with van der Waals surface area (Å²) in [4.78, 5) is 0. The molecule has 1 heterocycles. The fourth-order valence-electron chi connectivity index (χ4n) is 2.28. The van der Waals surface area contributed by atoms with Crippen molar-refractivity contribution in [2.45, 2.75) is 39.2 Å². The van der Waals surface area contributed by atoms with E-state index in [9.17, 15) is 0 Å². The predicted molar refractivity (Wildman–Crippen MR) is 76.5 cm³/mol. The number of rotatable bonds is 3. The molecular formula is C14H20BrNO2. The van der Waals surface area contributed by atoms with Crippen molar-refractivity contribution >= 4 is 15.9 Å². The molecule has 0 saturated carbocycles. The van der Waals surface area contributed by atoms with Gasteiger partial charge >= 0.3 is 0 Å². The number of hydrogen-bond acceptors (Lipinski definition) is 3. The lowest BCUT2D eigenvalue weighted by Gasteiger charge is -2.27. The monoisotopic (exact) mass is 313 g/mol. The van der Waals surface area contributed by atoms with Gasteiger partial charge in [-0.15, -0.1) is 0 Å². The summed E-state index contributed by atoms with van der Waals surface area (Å²) in [6.45, 7) is 7.44. The van der Waals surface area contributed by atoms with Crippen molar-refractivity contribution in [3.8, 4) is 11.5 Å². The van der Waals surface area contributed by atoms with Crippen LogP contribution in [0.3, 0.4) is 0 Å². The highest BCUT2D eigenvalue weighted by Gasteiger charge is 2.24. The van der Waals surface area contributed by atoms with Crippen molar-refractivity contribution in [3.05, 3.63) is 21.7 Å². The van der Waals surface area contributed by atoms with E-state index in [4.69, 9.17) is 15.2 Å². The lowest BCUT2D eigenvalue weighted by molar-refractivity contribution is 0.169. The minimum atomic E-state index is -0.240. The molecule has 1 aliphatic heterocycles. The van der Waals surface area contributed by atoms with E-state index in [1.54, 1.807) is 0 Å². The molecular weight excluding hydrogens is 294 g/mol. The minimum Gasteiger partial charge on any atom is -0.486 e. The van der Waals surface area contributed by atoms with Crippen molar-refractivity contribution in [2.75, 3.05) is 13.2 Å². The topological polar surface area (TPSA) is 44.5 Å². The summed E-state index contributed by atoms with van der Waals surface area (Å²) in [5.74, 6) is 1.73. The van der Waals surface area contributed by atoms with E-state index < -0.39 is 0 Å². The summed E-state index contributed by atoms with van der Waals surface area (Å²) in [5.41, 5.74) is 8.34. The van der Waals surface area contributed by atoms with Crippen molar-refractivity contribution in [1.82, 2.24) is 0 Å². The summed E-state index contributed by atoms with van der Waals surface area (Å²) >= 11 is 3.63. The number of hydrogen-bond donors (Lipinski definition) is 1. The van der Waals surface area contributed by atoms with E-state index >= 15 is 0 Å². The summed E-state index contributed by atoms with van der Waals surface area (Å²) in [5, 5.41) is 0. The fourth-order valence-corrected chi connectivity index (χ4v) is 2.87. The Hall–Kier alpha value is -0.740. The Bertz CT molecular complexity index is 452. The van der Waals surface area contributed by atoms with Gasteiger partial charge in [-0.2, -0.15) is 0 Å². The second-order valence-corrected chi connectivity index (χ2v) is 6.21. The number of nitrogens with two attached hydrogens (primary N) is 1. The van der Waals surface area contributed by atoms with Crippen LogP contribution in [0.5, 0.6) is 11.5 Å². The zero-order valence-electron chi connectivity index (χ0n) is 11.2. The first-order valence-corrected chi connectivity index (χ1v) is 7.10. The molecule has 0 aromatic heterocycles. The van der Waals surface area contributed by atoms with Crippen molar-refractivity contribution in [1.29, 1.82) is 0 Å². The van der Waals surface area contributed by atoms with Gasteiger partial charge in [0.25, 0.3) is 0 Å². The van der Waals surface area contributed by atoms with Crippen LogP contribution in [0.15, 0.2) is 10.5 Å². The Balaban J connectivity index is 2.51. The Morgan fingerprint density at radius 3 is 2.56 bits per heavy atom. The molecule has 0 saturated heterocycles. The smallest absolute Gasteiger partial charge is 0.164 e. The van der Waals surface area contributed by atoms with Crippen molar-refractivity contribution in [2.24, 2.45) is 5.73 Å². The second-order valence-electron chi connectivity index (χ2n) is 5.36. The molecule has 100 valence electrons. The molecule has 0 fully saturated rings. The lowest BCUT2D eigenvalue weighted by atomic mass is 9.91. The van der Waals surface area contributed by atoms with Gasteiger partial charge in [0, 0.05) is 15.6 Å². The molecule has 18 heavy (non-hydrogen) atoms. The van der Waals surface area contributed by atoms with Crippen LogP contribution in [-0.2, 0) is 12.8 Å². The number of fused-ring (bicyclic) bond motifs is 1. The minimum absolute atomic E-state index is 0.240. The maximum Gasteiger partial charge on any atom is 0.164 e. The molecule has 1 aliphatic rings. The van der Waals surface area contributed by atoms with Gasteiger partial charge in [-0.25, -0.2) is 0 Å². The quantitative estimate of drug-likeness (QED) is 0.932. The first-order valence-electron chi connectivity index (χ1n) is 6.31. The fraction of sp³-hybridized carbons (Fsp3) is 0.571. The van der Waals surface area contributed by atoms with E-state index in [2.05, 4.69) is 22.9 Å². The summed E-state index contributed by atoms with van der Waals surface area (Å²) in [7, 11) is 0. The summed E-state index contributed by atoms with van der Waals surface area (Å²) in [6, 6.07) is 1.99. The van der Waals surface area contributed by atoms with E-state index in [1.165, 1.54) is 11.1 Å². The lowest BCUT2D eigenvalue weighted by Crippen LogP contribution is -2.35. The van der Waals surface area contributed by atoms with E-state index in [1.807, 2.05) is 19.9 Å².